The summed E-state index contributed by atoms with van der Waals surface area (Å²) in [6.07, 6.45) is 1.28. The van der Waals surface area contributed by atoms with Crippen LogP contribution in [0.25, 0.3) is 0 Å². The molecule has 0 saturated heterocycles. The van der Waals surface area contributed by atoms with Crippen molar-refractivity contribution in [3.63, 3.8) is 0 Å². The summed E-state index contributed by atoms with van der Waals surface area (Å²) in [5.74, 6) is 0.344. The summed E-state index contributed by atoms with van der Waals surface area (Å²) in [4.78, 5) is 11.2. The van der Waals surface area contributed by atoms with Crippen LogP contribution in [0.2, 0.25) is 0 Å². The molecular weight excluding hydrogens is 180 g/mol. The van der Waals surface area contributed by atoms with Gasteiger partial charge in [-0.25, -0.2) is 4.79 Å². The van der Waals surface area contributed by atoms with Crippen molar-refractivity contribution < 1.29 is 14.3 Å². The van der Waals surface area contributed by atoms with Crippen LogP contribution in [0.3, 0.4) is 0 Å². The topological polar surface area (TPSA) is 35.5 Å². The van der Waals surface area contributed by atoms with Crippen molar-refractivity contribution in [2.75, 3.05) is 6.61 Å². The first-order chi connectivity index (χ1) is 6.37. The minimum absolute atomic E-state index is 0.344. The average molecular weight is 202 g/mol. The molecule has 3 heteroatoms. The van der Waals surface area contributed by atoms with Crippen molar-refractivity contribution in [1.82, 2.24) is 0 Å². The summed E-state index contributed by atoms with van der Waals surface area (Å²) in [6.45, 7) is 10.3. The molecule has 0 spiro atoms. The zero-order valence-corrected chi connectivity index (χ0v) is 9.92. The first-order valence-corrected chi connectivity index (χ1v) is 5.23. The van der Waals surface area contributed by atoms with Gasteiger partial charge < -0.3 is 9.47 Å². The Morgan fingerprint density at radius 2 is 1.93 bits per heavy atom. The van der Waals surface area contributed by atoms with E-state index in [1.54, 1.807) is 0 Å². The number of rotatable bonds is 5. The van der Waals surface area contributed by atoms with Gasteiger partial charge in [0.1, 0.15) is 5.60 Å². The van der Waals surface area contributed by atoms with E-state index in [1.165, 1.54) is 0 Å². The van der Waals surface area contributed by atoms with Crippen LogP contribution >= 0.6 is 0 Å². The van der Waals surface area contributed by atoms with Crippen LogP contribution in [0, 0.1) is 5.92 Å². The maximum absolute atomic E-state index is 11.2. The summed E-state index contributed by atoms with van der Waals surface area (Å²) >= 11 is 0. The highest BCUT2D eigenvalue weighted by Gasteiger charge is 2.22. The maximum Gasteiger partial charge on any atom is 0.508 e. The lowest BCUT2D eigenvalue weighted by molar-refractivity contribution is -0.0242. The Hall–Kier alpha value is -0.730. The molecule has 0 aliphatic carbocycles. The van der Waals surface area contributed by atoms with Gasteiger partial charge in [-0.05, 0) is 26.2 Å². The van der Waals surface area contributed by atoms with Gasteiger partial charge in [0, 0.05) is 0 Å². The van der Waals surface area contributed by atoms with Crippen LogP contribution in [-0.2, 0) is 9.47 Å². The minimum atomic E-state index is -0.558. The molecule has 0 saturated carbocycles. The van der Waals surface area contributed by atoms with Crippen molar-refractivity contribution in [2.24, 2.45) is 5.92 Å². The molecule has 0 bridgehead atoms. The first-order valence-electron chi connectivity index (χ1n) is 5.23. The number of hydrogen-bond donors (Lipinski definition) is 0. The third-order valence-corrected chi connectivity index (χ3v) is 1.75. The van der Waals surface area contributed by atoms with E-state index in [1.807, 2.05) is 27.7 Å². The summed E-state index contributed by atoms with van der Waals surface area (Å²) < 4.78 is 10.1. The molecule has 0 aromatic heterocycles. The molecule has 0 aromatic rings. The van der Waals surface area contributed by atoms with Gasteiger partial charge in [0.2, 0.25) is 0 Å². The molecule has 0 radical (unpaired) electrons. The van der Waals surface area contributed by atoms with Gasteiger partial charge in [0.25, 0.3) is 0 Å². The Labute approximate surface area is 86.8 Å². The Morgan fingerprint density at radius 3 is 2.36 bits per heavy atom. The van der Waals surface area contributed by atoms with Crippen LogP contribution in [-0.4, -0.2) is 18.4 Å². The van der Waals surface area contributed by atoms with Gasteiger partial charge in [0.05, 0.1) is 6.61 Å². The quantitative estimate of drug-likeness (QED) is 0.641. The van der Waals surface area contributed by atoms with Crippen molar-refractivity contribution in [2.45, 2.75) is 53.1 Å². The third kappa shape index (κ3) is 6.75. The molecule has 0 amide bonds. The SMILES string of the molecule is CCCC(C)(C)OC(=O)OCC(C)C. The van der Waals surface area contributed by atoms with E-state index >= 15 is 0 Å². The fraction of sp³-hybridized carbons (Fsp3) is 0.909. The monoisotopic (exact) mass is 202 g/mol. The lowest BCUT2D eigenvalue weighted by Gasteiger charge is -2.24. The number of ether oxygens (including phenoxy) is 2. The molecule has 84 valence electrons. The van der Waals surface area contributed by atoms with Gasteiger partial charge in [-0.15, -0.1) is 0 Å². The molecule has 0 unspecified atom stereocenters. The zero-order valence-electron chi connectivity index (χ0n) is 9.92. The highest BCUT2D eigenvalue weighted by Crippen LogP contribution is 2.17. The van der Waals surface area contributed by atoms with Gasteiger partial charge in [-0.1, -0.05) is 27.2 Å². The summed E-state index contributed by atoms with van der Waals surface area (Å²) in [5.41, 5.74) is -0.414. The zero-order chi connectivity index (χ0) is 11.2. The molecule has 0 heterocycles. The van der Waals surface area contributed by atoms with Crippen LogP contribution in [0.1, 0.15) is 47.5 Å². The molecule has 3 nitrogen and oxygen atoms in total. The average Bonchev–Trinajstić information content (AvgIpc) is 1.99. The highest BCUT2D eigenvalue weighted by molar-refractivity contribution is 5.60. The standard InChI is InChI=1S/C11H22O3/c1-6-7-11(4,5)14-10(12)13-8-9(2)3/h9H,6-8H2,1-5H3. The van der Waals surface area contributed by atoms with E-state index in [0.717, 1.165) is 12.8 Å². The lowest BCUT2D eigenvalue weighted by atomic mass is 10.0. The Bertz CT molecular complexity index is 173. The van der Waals surface area contributed by atoms with Crippen LogP contribution in [0.5, 0.6) is 0 Å². The smallest absolute Gasteiger partial charge is 0.434 e. The van der Waals surface area contributed by atoms with Crippen molar-refractivity contribution in [1.29, 1.82) is 0 Å². The molecule has 14 heavy (non-hydrogen) atoms. The number of hydrogen-bond acceptors (Lipinski definition) is 3. The largest absolute Gasteiger partial charge is 0.508 e. The van der Waals surface area contributed by atoms with Crippen LogP contribution in [0.15, 0.2) is 0 Å². The molecule has 0 aromatic carbocycles. The summed E-state index contributed by atoms with van der Waals surface area (Å²) in [6, 6.07) is 0. The maximum atomic E-state index is 11.2. The van der Waals surface area contributed by atoms with Crippen LogP contribution < -0.4 is 0 Å². The van der Waals surface area contributed by atoms with E-state index in [-0.39, 0.29) is 0 Å². The van der Waals surface area contributed by atoms with E-state index in [2.05, 4.69) is 6.92 Å². The van der Waals surface area contributed by atoms with Crippen LogP contribution in [0.4, 0.5) is 4.79 Å². The number of carbonyl (C=O) groups is 1. The second-order valence-electron chi connectivity index (χ2n) is 4.57. The summed E-state index contributed by atoms with van der Waals surface area (Å²) in [7, 11) is 0. The van der Waals surface area contributed by atoms with Gasteiger partial charge >= 0.3 is 6.16 Å². The Morgan fingerprint density at radius 1 is 1.36 bits per heavy atom. The highest BCUT2D eigenvalue weighted by atomic mass is 16.7. The fourth-order valence-electron chi connectivity index (χ4n) is 1.14. The van der Waals surface area contributed by atoms with Gasteiger partial charge in [0.15, 0.2) is 0 Å². The molecular formula is C11H22O3. The molecule has 0 aliphatic rings. The van der Waals surface area contributed by atoms with Crippen molar-refractivity contribution in [3.8, 4) is 0 Å². The molecule has 0 rings (SSSR count). The molecule has 0 atom stereocenters. The fourth-order valence-corrected chi connectivity index (χ4v) is 1.14. The van der Waals surface area contributed by atoms with Crippen molar-refractivity contribution >= 4 is 6.16 Å². The van der Waals surface area contributed by atoms with Gasteiger partial charge in [-0.2, -0.15) is 0 Å². The Kier molecular flexibility index (Phi) is 5.58. The van der Waals surface area contributed by atoms with E-state index in [9.17, 15) is 4.79 Å². The second kappa shape index (κ2) is 5.89. The van der Waals surface area contributed by atoms with Crippen molar-refractivity contribution in [3.05, 3.63) is 0 Å². The lowest BCUT2D eigenvalue weighted by Crippen LogP contribution is -2.28. The molecule has 0 N–H and O–H groups in total. The minimum Gasteiger partial charge on any atom is -0.434 e. The second-order valence-corrected chi connectivity index (χ2v) is 4.57. The predicted molar refractivity (Wildman–Crippen MR) is 56.3 cm³/mol. The first kappa shape index (κ1) is 13.3. The number of carbonyl (C=O) groups excluding carboxylic acids is 1. The van der Waals surface area contributed by atoms with E-state index in [0.29, 0.717) is 12.5 Å². The normalized spacial score (nSPS) is 11.6. The molecule has 0 fully saturated rings. The summed E-state index contributed by atoms with van der Waals surface area (Å²) in [5, 5.41) is 0. The van der Waals surface area contributed by atoms with Gasteiger partial charge in [-0.3, -0.25) is 0 Å². The van der Waals surface area contributed by atoms with E-state index < -0.39 is 11.8 Å². The van der Waals surface area contributed by atoms with E-state index in [4.69, 9.17) is 9.47 Å². The predicted octanol–water partition coefficient (Wildman–Crippen LogP) is 3.37. The molecule has 0 aliphatic heterocycles. The Balaban J connectivity index is 3.81. The third-order valence-electron chi connectivity index (χ3n) is 1.75.